The van der Waals surface area contributed by atoms with Crippen molar-refractivity contribution in [1.82, 2.24) is 10.3 Å². The van der Waals surface area contributed by atoms with Crippen LogP contribution in [0.2, 0.25) is 0 Å². The van der Waals surface area contributed by atoms with Crippen molar-refractivity contribution in [1.29, 1.82) is 0 Å². The van der Waals surface area contributed by atoms with Crippen LogP contribution in [-0.4, -0.2) is 24.7 Å². The molecule has 18 heavy (non-hydrogen) atoms. The van der Waals surface area contributed by atoms with Crippen molar-refractivity contribution in [3.05, 3.63) is 29.5 Å². The van der Waals surface area contributed by atoms with E-state index in [9.17, 15) is 0 Å². The number of para-hydroxylation sites is 1. The largest absolute Gasteiger partial charge is 0.495 e. The maximum atomic E-state index is 5.43. The van der Waals surface area contributed by atoms with Crippen molar-refractivity contribution in [2.75, 3.05) is 13.7 Å². The molecule has 2 N–H and O–H groups in total. The Labute approximate surface area is 108 Å². The summed E-state index contributed by atoms with van der Waals surface area (Å²) in [6.07, 6.45) is 3.47. The molecule has 1 aliphatic rings. The summed E-state index contributed by atoms with van der Waals surface area (Å²) >= 11 is 0. The minimum absolute atomic E-state index is 0.618. The molecule has 3 nitrogen and oxygen atoms in total. The Bertz CT molecular complexity index is 559. The summed E-state index contributed by atoms with van der Waals surface area (Å²) in [4.78, 5) is 3.55. The summed E-state index contributed by atoms with van der Waals surface area (Å²) in [5.41, 5.74) is 4.02. The monoisotopic (exact) mass is 244 g/mol. The van der Waals surface area contributed by atoms with Gasteiger partial charge in [-0.05, 0) is 37.4 Å². The number of benzene rings is 1. The highest BCUT2D eigenvalue weighted by atomic mass is 16.5. The molecule has 1 atom stereocenters. The second-order valence-corrected chi connectivity index (χ2v) is 4.96. The van der Waals surface area contributed by atoms with Crippen LogP contribution in [0.3, 0.4) is 0 Å². The van der Waals surface area contributed by atoms with Crippen molar-refractivity contribution in [3.63, 3.8) is 0 Å². The van der Waals surface area contributed by atoms with Crippen LogP contribution in [0.25, 0.3) is 10.9 Å². The molecule has 0 fully saturated rings. The molecule has 96 valence electrons. The molecular weight excluding hydrogens is 224 g/mol. The topological polar surface area (TPSA) is 37.0 Å². The molecule has 2 aromatic rings. The van der Waals surface area contributed by atoms with E-state index < -0.39 is 0 Å². The number of aryl methyl sites for hydroxylation is 1. The number of hydrogen-bond donors (Lipinski definition) is 2. The van der Waals surface area contributed by atoms with Gasteiger partial charge in [-0.3, -0.25) is 0 Å². The molecule has 3 heteroatoms. The SMILES string of the molecule is CCNC1CCc2[nH]c3c(OC)cccc3c2C1. The van der Waals surface area contributed by atoms with Crippen molar-refractivity contribution >= 4 is 10.9 Å². The Balaban J connectivity index is 2.05. The molecule has 1 aliphatic carbocycles. The highest BCUT2D eigenvalue weighted by Gasteiger charge is 2.22. The van der Waals surface area contributed by atoms with E-state index in [-0.39, 0.29) is 0 Å². The first kappa shape index (κ1) is 11.6. The summed E-state index contributed by atoms with van der Waals surface area (Å²) < 4.78 is 5.43. The number of likely N-dealkylation sites (N-methyl/N-ethyl adjacent to an activating group) is 1. The van der Waals surface area contributed by atoms with E-state index in [0.29, 0.717) is 6.04 Å². The standard InChI is InChI=1S/C15H20N2O/c1-3-16-10-7-8-13-12(9-10)11-5-4-6-14(18-2)15(11)17-13/h4-6,10,16-17H,3,7-9H2,1-2H3. The first-order chi connectivity index (χ1) is 8.83. The molecule has 1 aromatic carbocycles. The fourth-order valence-corrected chi connectivity index (χ4v) is 3.05. The molecule has 0 aliphatic heterocycles. The van der Waals surface area contributed by atoms with E-state index in [4.69, 9.17) is 4.74 Å². The van der Waals surface area contributed by atoms with Gasteiger partial charge in [0.1, 0.15) is 5.75 Å². The third-order valence-electron chi connectivity index (χ3n) is 3.90. The Kier molecular flexibility index (Phi) is 3.00. The summed E-state index contributed by atoms with van der Waals surface area (Å²) in [5, 5.41) is 4.89. The quantitative estimate of drug-likeness (QED) is 0.871. The lowest BCUT2D eigenvalue weighted by Gasteiger charge is -2.23. The number of fused-ring (bicyclic) bond motifs is 3. The third kappa shape index (κ3) is 1.79. The number of nitrogens with one attached hydrogen (secondary N) is 2. The zero-order chi connectivity index (χ0) is 12.5. The summed E-state index contributed by atoms with van der Waals surface area (Å²) in [5.74, 6) is 0.946. The van der Waals surface area contributed by atoms with Crippen LogP contribution < -0.4 is 10.1 Å². The van der Waals surface area contributed by atoms with Gasteiger partial charge in [-0.2, -0.15) is 0 Å². The number of ether oxygens (including phenoxy) is 1. The lowest BCUT2D eigenvalue weighted by molar-refractivity contribution is 0.419. The summed E-state index contributed by atoms with van der Waals surface area (Å²) in [6, 6.07) is 6.91. The van der Waals surface area contributed by atoms with Crippen LogP contribution in [0.4, 0.5) is 0 Å². The fourth-order valence-electron chi connectivity index (χ4n) is 3.05. The molecular formula is C15H20N2O. The Morgan fingerprint density at radius 1 is 1.44 bits per heavy atom. The molecule has 1 unspecified atom stereocenters. The van der Waals surface area contributed by atoms with E-state index in [1.54, 1.807) is 7.11 Å². The summed E-state index contributed by atoms with van der Waals surface area (Å²) in [6.45, 7) is 3.22. The average molecular weight is 244 g/mol. The molecule has 0 amide bonds. The molecule has 0 saturated carbocycles. The van der Waals surface area contributed by atoms with Crippen molar-refractivity contribution < 1.29 is 4.74 Å². The molecule has 0 spiro atoms. The van der Waals surface area contributed by atoms with E-state index in [0.717, 1.165) is 30.7 Å². The average Bonchev–Trinajstić information content (AvgIpc) is 2.77. The molecule has 1 aromatic heterocycles. The van der Waals surface area contributed by atoms with Crippen LogP contribution in [0, 0.1) is 0 Å². The first-order valence-corrected chi connectivity index (χ1v) is 6.73. The fraction of sp³-hybridized carbons (Fsp3) is 0.467. The third-order valence-corrected chi connectivity index (χ3v) is 3.90. The van der Waals surface area contributed by atoms with E-state index in [2.05, 4.69) is 29.4 Å². The molecule has 0 saturated heterocycles. The van der Waals surface area contributed by atoms with Gasteiger partial charge in [0.15, 0.2) is 0 Å². The van der Waals surface area contributed by atoms with Crippen LogP contribution in [-0.2, 0) is 12.8 Å². The van der Waals surface area contributed by atoms with Crippen molar-refractivity contribution in [3.8, 4) is 5.75 Å². The van der Waals surface area contributed by atoms with E-state index >= 15 is 0 Å². The van der Waals surface area contributed by atoms with E-state index in [1.165, 1.54) is 23.1 Å². The molecule has 1 heterocycles. The van der Waals surface area contributed by atoms with Gasteiger partial charge in [-0.25, -0.2) is 0 Å². The lowest BCUT2D eigenvalue weighted by Crippen LogP contribution is -2.34. The van der Waals surface area contributed by atoms with E-state index in [1.807, 2.05) is 6.07 Å². The van der Waals surface area contributed by atoms with Gasteiger partial charge < -0.3 is 15.0 Å². The molecule has 0 bridgehead atoms. The highest BCUT2D eigenvalue weighted by Crippen LogP contribution is 2.33. The van der Waals surface area contributed by atoms with Gasteiger partial charge in [0.25, 0.3) is 0 Å². The number of H-pyrrole nitrogens is 1. The Hall–Kier alpha value is -1.48. The predicted molar refractivity (Wildman–Crippen MR) is 74.3 cm³/mol. The van der Waals surface area contributed by atoms with Crippen molar-refractivity contribution in [2.24, 2.45) is 0 Å². The maximum Gasteiger partial charge on any atom is 0.142 e. The minimum Gasteiger partial charge on any atom is -0.495 e. The zero-order valence-corrected chi connectivity index (χ0v) is 11.0. The predicted octanol–water partition coefficient (Wildman–Crippen LogP) is 2.64. The normalized spacial score (nSPS) is 18.9. The Morgan fingerprint density at radius 2 is 2.33 bits per heavy atom. The van der Waals surface area contributed by atoms with Gasteiger partial charge in [0.2, 0.25) is 0 Å². The van der Waals surface area contributed by atoms with Crippen LogP contribution in [0.1, 0.15) is 24.6 Å². The second kappa shape index (κ2) is 4.65. The number of hydrogen-bond acceptors (Lipinski definition) is 2. The molecule has 3 rings (SSSR count). The van der Waals surface area contributed by atoms with Gasteiger partial charge >= 0.3 is 0 Å². The lowest BCUT2D eigenvalue weighted by atomic mass is 9.91. The number of methoxy groups -OCH3 is 1. The van der Waals surface area contributed by atoms with Crippen molar-refractivity contribution in [2.45, 2.75) is 32.2 Å². The zero-order valence-electron chi connectivity index (χ0n) is 11.0. The number of aromatic amines is 1. The van der Waals surface area contributed by atoms with Crippen LogP contribution in [0.15, 0.2) is 18.2 Å². The van der Waals surface area contributed by atoms with Gasteiger partial charge in [0.05, 0.1) is 12.6 Å². The maximum absolute atomic E-state index is 5.43. The summed E-state index contributed by atoms with van der Waals surface area (Å²) in [7, 11) is 1.73. The van der Waals surface area contributed by atoms with Crippen LogP contribution >= 0.6 is 0 Å². The minimum atomic E-state index is 0.618. The smallest absolute Gasteiger partial charge is 0.142 e. The molecule has 0 radical (unpaired) electrons. The first-order valence-electron chi connectivity index (χ1n) is 6.73. The van der Waals surface area contributed by atoms with Gasteiger partial charge in [0, 0.05) is 17.1 Å². The van der Waals surface area contributed by atoms with Gasteiger partial charge in [-0.15, -0.1) is 0 Å². The number of rotatable bonds is 3. The Morgan fingerprint density at radius 3 is 3.11 bits per heavy atom. The highest BCUT2D eigenvalue weighted by molar-refractivity contribution is 5.89. The second-order valence-electron chi connectivity index (χ2n) is 4.96. The van der Waals surface area contributed by atoms with Crippen LogP contribution in [0.5, 0.6) is 5.75 Å². The number of aromatic nitrogens is 1. The van der Waals surface area contributed by atoms with Gasteiger partial charge in [-0.1, -0.05) is 19.1 Å².